The molecule has 0 spiro atoms. The molecule has 114 valence electrons. The molecule has 2 aromatic carbocycles. The summed E-state index contributed by atoms with van der Waals surface area (Å²) in [7, 11) is 0. The Balaban J connectivity index is 1.89. The number of phenols is 1. The van der Waals surface area contributed by atoms with Crippen LogP contribution >= 0.6 is 11.6 Å². The van der Waals surface area contributed by atoms with Crippen LogP contribution in [0, 0.1) is 0 Å². The lowest BCUT2D eigenvalue weighted by Gasteiger charge is -2.14. The van der Waals surface area contributed by atoms with Crippen molar-refractivity contribution in [1.82, 2.24) is 0 Å². The number of benzene rings is 2. The SMILES string of the molecule is O=C(O)C(Cc1ccc(O)c(Cl)c1)c1ccc2c(c1)OCO2. The van der Waals surface area contributed by atoms with Crippen LogP contribution in [-0.2, 0) is 11.2 Å². The Bertz CT molecular complexity index is 728. The first kappa shape index (κ1) is 14.5. The maximum atomic E-state index is 11.6. The van der Waals surface area contributed by atoms with Crippen molar-refractivity contribution >= 4 is 17.6 Å². The Morgan fingerprint density at radius 2 is 1.95 bits per heavy atom. The lowest BCUT2D eigenvalue weighted by molar-refractivity contribution is -0.138. The van der Waals surface area contributed by atoms with Crippen LogP contribution < -0.4 is 9.47 Å². The molecule has 0 radical (unpaired) electrons. The third-order valence-electron chi connectivity index (χ3n) is 3.55. The summed E-state index contributed by atoms with van der Waals surface area (Å²) in [5.74, 6) is -0.549. The zero-order chi connectivity index (χ0) is 15.7. The van der Waals surface area contributed by atoms with Gasteiger partial charge in [-0.2, -0.15) is 0 Å². The van der Waals surface area contributed by atoms with Crippen LogP contribution in [0.4, 0.5) is 0 Å². The van der Waals surface area contributed by atoms with Gasteiger partial charge in [0.25, 0.3) is 0 Å². The highest BCUT2D eigenvalue weighted by molar-refractivity contribution is 6.32. The number of carboxylic acid groups (broad SMARTS) is 1. The summed E-state index contributed by atoms with van der Waals surface area (Å²) in [5, 5.41) is 19.1. The molecule has 1 aliphatic rings. The molecule has 0 bridgehead atoms. The fourth-order valence-corrected chi connectivity index (χ4v) is 2.59. The number of ether oxygens (including phenoxy) is 2. The molecular formula is C16H13ClO5. The lowest BCUT2D eigenvalue weighted by Crippen LogP contribution is -2.14. The van der Waals surface area contributed by atoms with E-state index in [1.165, 1.54) is 6.07 Å². The molecule has 2 aromatic rings. The fraction of sp³-hybridized carbons (Fsp3) is 0.188. The average Bonchev–Trinajstić information content (AvgIpc) is 2.95. The van der Waals surface area contributed by atoms with Crippen LogP contribution in [0.2, 0.25) is 5.02 Å². The van der Waals surface area contributed by atoms with Crippen LogP contribution in [0.1, 0.15) is 17.0 Å². The summed E-state index contributed by atoms with van der Waals surface area (Å²) in [6.45, 7) is 0.143. The molecule has 5 nitrogen and oxygen atoms in total. The van der Waals surface area contributed by atoms with Gasteiger partial charge in [0.1, 0.15) is 5.75 Å². The van der Waals surface area contributed by atoms with E-state index in [1.807, 2.05) is 0 Å². The Labute approximate surface area is 131 Å². The Hall–Kier alpha value is -2.40. The van der Waals surface area contributed by atoms with Crippen molar-refractivity contribution in [2.24, 2.45) is 0 Å². The van der Waals surface area contributed by atoms with Crippen molar-refractivity contribution in [3.05, 3.63) is 52.5 Å². The standard InChI is InChI=1S/C16H13ClO5/c17-12-6-9(1-3-13(12)18)5-11(16(19)20)10-2-4-14-15(7-10)22-8-21-14/h1-4,6-7,11,18H,5,8H2,(H,19,20). The molecule has 2 N–H and O–H groups in total. The molecule has 1 heterocycles. The molecule has 1 aliphatic heterocycles. The van der Waals surface area contributed by atoms with Gasteiger partial charge in [0.05, 0.1) is 10.9 Å². The normalized spacial score (nSPS) is 13.9. The van der Waals surface area contributed by atoms with E-state index in [0.717, 1.165) is 5.56 Å². The van der Waals surface area contributed by atoms with Gasteiger partial charge in [-0.15, -0.1) is 0 Å². The van der Waals surface area contributed by atoms with Crippen molar-refractivity contribution in [3.8, 4) is 17.2 Å². The van der Waals surface area contributed by atoms with E-state index in [9.17, 15) is 15.0 Å². The number of phenolic OH excluding ortho intramolecular Hbond substituents is 1. The van der Waals surface area contributed by atoms with Crippen molar-refractivity contribution in [1.29, 1.82) is 0 Å². The molecule has 0 saturated carbocycles. The zero-order valence-corrected chi connectivity index (χ0v) is 12.2. The Morgan fingerprint density at radius 3 is 2.68 bits per heavy atom. The summed E-state index contributed by atoms with van der Waals surface area (Å²) < 4.78 is 10.5. The van der Waals surface area contributed by atoms with Crippen LogP contribution in [0.15, 0.2) is 36.4 Å². The van der Waals surface area contributed by atoms with Gasteiger partial charge in [-0.05, 0) is 41.8 Å². The first-order valence-electron chi connectivity index (χ1n) is 6.64. The number of rotatable bonds is 4. The second-order valence-corrected chi connectivity index (χ2v) is 5.40. The maximum Gasteiger partial charge on any atom is 0.311 e. The summed E-state index contributed by atoms with van der Waals surface area (Å²) in [5.41, 5.74) is 1.36. The summed E-state index contributed by atoms with van der Waals surface area (Å²) in [6, 6.07) is 9.79. The number of hydrogen-bond donors (Lipinski definition) is 2. The quantitative estimate of drug-likeness (QED) is 0.904. The highest BCUT2D eigenvalue weighted by Crippen LogP contribution is 2.36. The first-order chi connectivity index (χ1) is 10.5. The minimum atomic E-state index is -0.942. The number of hydrogen-bond acceptors (Lipinski definition) is 4. The van der Waals surface area contributed by atoms with Crippen LogP contribution in [0.5, 0.6) is 17.2 Å². The van der Waals surface area contributed by atoms with Gasteiger partial charge in [0, 0.05) is 0 Å². The molecule has 0 saturated heterocycles. The van der Waals surface area contributed by atoms with Crippen LogP contribution in [-0.4, -0.2) is 23.0 Å². The van der Waals surface area contributed by atoms with E-state index in [4.69, 9.17) is 21.1 Å². The highest BCUT2D eigenvalue weighted by Gasteiger charge is 2.23. The summed E-state index contributed by atoms with van der Waals surface area (Å²) in [4.78, 5) is 11.6. The number of carbonyl (C=O) groups is 1. The Kier molecular flexibility index (Phi) is 3.81. The van der Waals surface area contributed by atoms with Crippen LogP contribution in [0.25, 0.3) is 0 Å². The third-order valence-corrected chi connectivity index (χ3v) is 3.85. The molecule has 3 rings (SSSR count). The highest BCUT2D eigenvalue weighted by atomic mass is 35.5. The Morgan fingerprint density at radius 1 is 1.18 bits per heavy atom. The molecule has 0 aliphatic carbocycles. The molecule has 22 heavy (non-hydrogen) atoms. The number of fused-ring (bicyclic) bond motifs is 1. The molecule has 6 heteroatoms. The van der Waals surface area contributed by atoms with Crippen molar-refractivity contribution in [2.45, 2.75) is 12.3 Å². The molecule has 0 aromatic heterocycles. The average molecular weight is 321 g/mol. The van der Waals surface area contributed by atoms with E-state index >= 15 is 0 Å². The number of aliphatic carboxylic acids is 1. The number of aromatic hydroxyl groups is 1. The minimum absolute atomic E-state index is 0.0274. The zero-order valence-electron chi connectivity index (χ0n) is 11.5. The van der Waals surface area contributed by atoms with Gasteiger partial charge in [-0.1, -0.05) is 23.7 Å². The number of halogens is 1. The molecule has 0 fully saturated rings. The predicted molar refractivity (Wildman–Crippen MR) is 79.8 cm³/mol. The predicted octanol–water partition coefficient (Wildman–Crippen LogP) is 3.19. The largest absolute Gasteiger partial charge is 0.506 e. The monoisotopic (exact) mass is 320 g/mol. The molecular weight excluding hydrogens is 308 g/mol. The second kappa shape index (κ2) is 5.77. The maximum absolute atomic E-state index is 11.6. The molecule has 0 amide bonds. The van der Waals surface area contributed by atoms with E-state index in [0.29, 0.717) is 17.1 Å². The molecule has 1 unspecified atom stereocenters. The summed E-state index contributed by atoms with van der Waals surface area (Å²) in [6.07, 6.45) is 0.259. The third kappa shape index (κ3) is 2.80. The van der Waals surface area contributed by atoms with Gasteiger partial charge in [-0.25, -0.2) is 0 Å². The lowest BCUT2D eigenvalue weighted by atomic mass is 9.92. The minimum Gasteiger partial charge on any atom is -0.506 e. The summed E-state index contributed by atoms with van der Waals surface area (Å²) >= 11 is 5.87. The van der Waals surface area contributed by atoms with Crippen LogP contribution in [0.3, 0.4) is 0 Å². The first-order valence-corrected chi connectivity index (χ1v) is 7.02. The van der Waals surface area contributed by atoms with Gasteiger partial charge in [0.2, 0.25) is 6.79 Å². The van der Waals surface area contributed by atoms with E-state index in [2.05, 4.69) is 0 Å². The smallest absolute Gasteiger partial charge is 0.311 e. The van der Waals surface area contributed by atoms with Crippen molar-refractivity contribution in [2.75, 3.05) is 6.79 Å². The van der Waals surface area contributed by atoms with Gasteiger partial charge >= 0.3 is 5.97 Å². The molecule has 1 atom stereocenters. The van der Waals surface area contributed by atoms with E-state index in [1.54, 1.807) is 30.3 Å². The van der Waals surface area contributed by atoms with E-state index < -0.39 is 11.9 Å². The fourth-order valence-electron chi connectivity index (χ4n) is 2.39. The van der Waals surface area contributed by atoms with Gasteiger partial charge in [-0.3, -0.25) is 4.79 Å². The van der Waals surface area contributed by atoms with Gasteiger partial charge < -0.3 is 19.7 Å². The van der Waals surface area contributed by atoms with Crippen molar-refractivity contribution < 1.29 is 24.5 Å². The van der Waals surface area contributed by atoms with E-state index in [-0.39, 0.29) is 24.0 Å². The second-order valence-electron chi connectivity index (χ2n) is 4.99. The van der Waals surface area contributed by atoms with Gasteiger partial charge in [0.15, 0.2) is 11.5 Å². The van der Waals surface area contributed by atoms with Crippen molar-refractivity contribution in [3.63, 3.8) is 0 Å². The topological polar surface area (TPSA) is 76.0 Å². The number of carboxylic acids is 1.